The molecule has 1 aromatic carbocycles. The minimum atomic E-state index is -0.607. The summed E-state index contributed by atoms with van der Waals surface area (Å²) in [7, 11) is 0. The molecule has 0 aliphatic heterocycles. The van der Waals surface area contributed by atoms with Crippen molar-refractivity contribution in [3.8, 4) is 0 Å². The summed E-state index contributed by atoms with van der Waals surface area (Å²) in [5, 5.41) is 5.32. The number of anilines is 1. The van der Waals surface area contributed by atoms with Crippen LogP contribution in [0.5, 0.6) is 0 Å². The lowest BCUT2D eigenvalue weighted by molar-refractivity contribution is -0.116. The van der Waals surface area contributed by atoms with E-state index in [1.54, 1.807) is 39.0 Å². The molecule has 138 valence electrons. The summed E-state index contributed by atoms with van der Waals surface area (Å²) in [6.45, 7) is 5.79. The summed E-state index contributed by atoms with van der Waals surface area (Å²) in [5.41, 5.74) is 5.39. The van der Waals surface area contributed by atoms with E-state index in [0.717, 1.165) is 4.47 Å². The first kappa shape index (κ1) is 21.0. The minimum absolute atomic E-state index is 0.224. The molecule has 0 aliphatic carbocycles. The lowest BCUT2D eigenvalue weighted by Gasteiger charge is -2.19. The number of alkyl carbamates (subject to hydrolysis) is 1. The van der Waals surface area contributed by atoms with Gasteiger partial charge in [0.1, 0.15) is 5.60 Å². The number of benzene rings is 1. The summed E-state index contributed by atoms with van der Waals surface area (Å²) < 4.78 is 5.84. The third-order valence-electron chi connectivity index (χ3n) is 3.02. The predicted molar refractivity (Wildman–Crippen MR) is 99.4 cm³/mol. The first-order chi connectivity index (χ1) is 11.6. The van der Waals surface area contributed by atoms with Crippen molar-refractivity contribution < 1.29 is 19.1 Å². The lowest BCUT2D eigenvalue weighted by Crippen LogP contribution is -2.33. The highest BCUT2D eigenvalue weighted by Crippen LogP contribution is 2.21. The van der Waals surface area contributed by atoms with Crippen molar-refractivity contribution in [2.45, 2.75) is 45.6 Å². The largest absolute Gasteiger partial charge is 0.444 e. The lowest BCUT2D eigenvalue weighted by atomic mass is 10.1. The second kappa shape index (κ2) is 9.41. The van der Waals surface area contributed by atoms with Crippen LogP contribution in [0.4, 0.5) is 10.5 Å². The number of unbranched alkanes of at least 4 members (excludes halogenated alkanes) is 1. The topological polar surface area (TPSA) is 111 Å². The molecule has 0 bridgehead atoms. The average molecular weight is 414 g/mol. The van der Waals surface area contributed by atoms with Gasteiger partial charge in [-0.2, -0.15) is 0 Å². The van der Waals surface area contributed by atoms with Crippen molar-refractivity contribution in [2.24, 2.45) is 5.73 Å². The fraction of sp³-hybridized carbons (Fsp3) is 0.471. The van der Waals surface area contributed by atoms with E-state index in [0.29, 0.717) is 25.1 Å². The second-order valence-electron chi connectivity index (χ2n) is 6.49. The molecule has 8 heteroatoms. The van der Waals surface area contributed by atoms with E-state index < -0.39 is 17.6 Å². The number of nitrogens with two attached hydrogens (primary N) is 1. The van der Waals surface area contributed by atoms with Crippen molar-refractivity contribution >= 4 is 39.5 Å². The number of amides is 3. The fourth-order valence-electron chi connectivity index (χ4n) is 1.96. The number of carbonyl (C=O) groups excluding carboxylic acids is 3. The van der Waals surface area contributed by atoms with Gasteiger partial charge >= 0.3 is 6.09 Å². The smallest absolute Gasteiger partial charge is 0.407 e. The van der Waals surface area contributed by atoms with Crippen molar-refractivity contribution in [1.29, 1.82) is 0 Å². The molecule has 1 rings (SSSR count). The number of halogens is 1. The van der Waals surface area contributed by atoms with E-state index in [-0.39, 0.29) is 17.9 Å². The fourth-order valence-corrected chi connectivity index (χ4v) is 2.32. The average Bonchev–Trinajstić information content (AvgIpc) is 2.44. The van der Waals surface area contributed by atoms with Crippen LogP contribution in [0.15, 0.2) is 22.7 Å². The molecule has 0 atom stereocenters. The maximum atomic E-state index is 12.0. The standard InChI is InChI=1S/C17H24BrN3O4/c1-17(2,3)25-16(24)20-9-5-4-6-14(22)21-13-10-11(18)7-8-12(13)15(19)23/h7-8,10H,4-6,9H2,1-3H3,(H2,19,23)(H,20,24)(H,21,22). The van der Waals surface area contributed by atoms with Crippen LogP contribution in [0, 0.1) is 0 Å². The maximum Gasteiger partial charge on any atom is 0.407 e. The number of rotatable bonds is 7. The van der Waals surface area contributed by atoms with Crippen LogP contribution in [0.2, 0.25) is 0 Å². The Morgan fingerprint density at radius 3 is 2.48 bits per heavy atom. The maximum absolute atomic E-state index is 12.0. The van der Waals surface area contributed by atoms with Crippen LogP contribution in [0.25, 0.3) is 0 Å². The second-order valence-corrected chi connectivity index (χ2v) is 7.40. The molecule has 0 aliphatic rings. The molecule has 0 saturated carbocycles. The van der Waals surface area contributed by atoms with E-state index >= 15 is 0 Å². The molecule has 0 fully saturated rings. The monoisotopic (exact) mass is 413 g/mol. The SMILES string of the molecule is CC(C)(C)OC(=O)NCCCCC(=O)Nc1cc(Br)ccc1C(N)=O. The first-order valence-corrected chi connectivity index (χ1v) is 8.74. The Kier molecular flexibility index (Phi) is 7.89. The van der Waals surface area contributed by atoms with Gasteiger partial charge in [0.2, 0.25) is 5.91 Å². The van der Waals surface area contributed by atoms with Crippen molar-refractivity contribution in [3.05, 3.63) is 28.2 Å². The van der Waals surface area contributed by atoms with E-state index in [4.69, 9.17) is 10.5 Å². The molecule has 7 nitrogen and oxygen atoms in total. The van der Waals surface area contributed by atoms with E-state index in [1.165, 1.54) is 0 Å². The molecule has 0 radical (unpaired) electrons. The number of hydrogen-bond acceptors (Lipinski definition) is 4. The molecular formula is C17H24BrN3O4. The zero-order valence-corrected chi connectivity index (χ0v) is 16.2. The summed E-state index contributed by atoms with van der Waals surface area (Å²) >= 11 is 3.29. The van der Waals surface area contributed by atoms with Gasteiger partial charge in [0, 0.05) is 17.4 Å². The summed E-state index contributed by atoms with van der Waals surface area (Å²) in [6, 6.07) is 4.85. The van der Waals surface area contributed by atoms with Crippen LogP contribution in [0.3, 0.4) is 0 Å². The Bertz CT molecular complexity index is 641. The Morgan fingerprint density at radius 1 is 1.20 bits per heavy atom. The highest BCUT2D eigenvalue weighted by Gasteiger charge is 2.15. The van der Waals surface area contributed by atoms with Crippen LogP contribution < -0.4 is 16.4 Å². The zero-order chi connectivity index (χ0) is 19.0. The number of hydrogen-bond donors (Lipinski definition) is 3. The van der Waals surface area contributed by atoms with Crippen LogP contribution in [0.1, 0.15) is 50.4 Å². The minimum Gasteiger partial charge on any atom is -0.444 e. The Balaban J connectivity index is 2.36. The predicted octanol–water partition coefficient (Wildman–Crippen LogP) is 3.18. The third-order valence-corrected chi connectivity index (χ3v) is 3.51. The molecular weight excluding hydrogens is 390 g/mol. The van der Waals surface area contributed by atoms with Gasteiger partial charge in [0.15, 0.2) is 0 Å². The Labute approximate surface area is 155 Å². The molecule has 1 aromatic rings. The zero-order valence-electron chi connectivity index (χ0n) is 14.6. The summed E-state index contributed by atoms with van der Waals surface area (Å²) in [6.07, 6.45) is 1.01. The molecule has 0 aromatic heterocycles. The van der Waals surface area contributed by atoms with Crippen molar-refractivity contribution in [1.82, 2.24) is 5.32 Å². The quantitative estimate of drug-likeness (QED) is 0.595. The Hall–Kier alpha value is -2.09. The third kappa shape index (κ3) is 8.53. The first-order valence-electron chi connectivity index (χ1n) is 7.94. The number of carbonyl (C=O) groups is 3. The van der Waals surface area contributed by atoms with Gasteiger partial charge in [-0.3, -0.25) is 9.59 Å². The van der Waals surface area contributed by atoms with Gasteiger partial charge in [-0.1, -0.05) is 15.9 Å². The Morgan fingerprint density at radius 2 is 1.88 bits per heavy atom. The van der Waals surface area contributed by atoms with Gasteiger partial charge in [-0.15, -0.1) is 0 Å². The number of nitrogens with one attached hydrogen (secondary N) is 2. The van der Waals surface area contributed by atoms with Crippen LogP contribution in [-0.2, 0) is 9.53 Å². The highest BCUT2D eigenvalue weighted by atomic mass is 79.9. The molecule has 0 unspecified atom stereocenters. The normalized spacial score (nSPS) is 10.9. The van der Waals surface area contributed by atoms with E-state index in [1.807, 2.05) is 0 Å². The number of ether oxygens (including phenoxy) is 1. The van der Waals surface area contributed by atoms with Crippen LogP contribution >= 0.6 is 15.9 Å². The summed E-state index contributed by atoms with van der Waals surface area (Å²) in [5.74, 6) is -0.831. The van der Waals surface area contributed by atoms with Gasteiger partial charge in [0.25, 0.3) is 5.91 Å². The van der Waals surface area contributed by atoms with Crippen LogP contribution in [-0.4, -0.2) is 30.1 Å². The molecule has 25 heavy (non-hydrogen) atoms. The van der Waals surface area contributed by atoms with Gasteiger partial charge in [-0.25, -0.2) is 4.79 Å². The van der Waals surface area contributed by atoms with Gasteiger partial charge in [-0.05, 0) is 51.8 Å². The van der Waals surface area contributed by atoms with Gasteiger partial charge < -0.3 is 21.1 Å². The number of primary amides is 1. The molecule has 0 heterocycles. The molecule has 0 saturated heterocycles. The molecule has 0 spiro atoms. The van der Waals surface area contributed by atoms with E-state index in [9.17, 15) is 14.4 Å². The van der Waals surface area contributed by atoms with Crippen molar-refractivity contribution in [2.75, 3.05) is 11.9 Å². The highest BCUT2D eigenvalue weighted by molar-refractivity contribution is 9.10. The molecule has 4 N–H and O–H groups in total. The summed E-state index contributed by atoms with van der Waals surface area (Å²) in [4.78, 5) is 34.8. The van der Waals surface area contributed by atoms with Crippen molar-refractivity contribution in [3.63, 3.8) is 0 Å². The van der Waals surface area contributed by atoms with E-state index in [2.05, 4.69) is 26.6 Å². The molecule has 3 amide bonds. The van der Waals surface area contributed by atoms with Gasteiger partial charge in [0.05, 0.1) is 11.3 Å².